The Labute approximate surface area is 223 Å². The number of hydrogen-bond acceptors (Lipinski definition) is 3. The van der Waals surface area contributed by atoms with E-state index in [4.69, 9.17) is 0 Å². The van der Waals surface area contributed by atoms with Gasteiger partial charge in [-0.25, -0.2) is 0 Å². The van der Waals surface area contributed by atoms with Crippen molar-refractivity contribution in [1.29, 1.82) is 0 Å². The Hall–Kier alpha value is -2.66. The van der Waals surface area contributed by atoms with Gasteiger partial charge in [0.1, 0.15) is 0 Å². The summed E-state index contributed by atoms with van der Waals surface area (Å²) in [6, 6.07) is 15.7. The summed E-state index contributed by atoms with van der Waals surface area (Å²) < 4.78 is 0. The second kappa shape index (κ2) is 11.4. The minimum Gasteiger partial charge on any atom is -0.343 e. The zero-order valence-electron chi connectivity index (χ0n) is 23.7. The molecule has 2 aliphatic heterocycles. The van der Waals surface area contributed by atoms with E-state index in [1.807, 2.05) is 4.90 Å². The van der Waals surface area contributed by atoms with Crippen molar-refractivity contribution in [3.8, 4) is 11.1 Å². The van der Waals surface area contributed by atoms with Gasteiger partial charge in [-0.1, -0.05) is 63.2 Å². The topological polar surface area (TPSA) is 43.9 Å². The van der Waals surface area contributed by atoms with Gasteiger partial charge in [0, 0.05) is 58.7 Å². The summed E-state index contributed by atoms with van der Waals surface area (Å²) >= 11 is 0. The number of benzene rings is 2. The van der Waals surface area contributed by atoms with Crippen molar-refractivity contribution in [1.82, 2.24) is 14.7 Å². The van der Waals surface area contributed by atoms with Gasteiger partial charge in [0.2, 0.25) is 11.8 Å². The Morgan fingerprint density at radius 2 is 1.62 bits per heavy atom. The Morgan fingerprint density at radius 1 is 0.919 bits per heavy atom. The molecule has 200 valence electrons. The maximum atomic E-state index is 13.5. The van der Waals surface area contributed by atoms with Crippen LogP contribution in [0.2, 0.25) is 0 Å². The highest BCUT2D eigenvalue weighted by Crippen LogP contribution is 2.32. The predicted molar refractivity (Wildman–Crippen MR) is 151 cm³/mol. The minimum absolute atomic E-state index is 0.0000886. The molecule has 5 heteroatoms. The number of aryl methyl sites for hydroxylation is 2. The summed E-state index contributed by atoms with van der Waals surface area (Å²) in [5, 5.41) is 0. The molecule has 5 nitrogen and oxygen atoms in total. The van der Waals surface area contributed by atoms with Crippen LogP contribution in [0.5, 0.6) is 0 Å². The van der Waals surface area contributed by atoms with Gasteiger partial charge in [0.25, 0.3) is 0 Å². The van der Waals surface area contributed by atoms with Crippen molar-refractivity contribution in [3.63, 3.8) is 0 Å². The van der Waals surface area contributed by atoms with Crippen LogP contribution in [0.15, 0.2) is 42.5 Å². The normalized spacial score (nSPS) is 19.8. The smallest absolute Gasteiger partial charge is 0.223 e. The lowest BCUT2D eigenvalue weighted by Crippen LogP contribution is -2.59. The third-order valence-corrected chi connectivity index (χ3v) is 8.54. The number of rotatable bonds is 5. The van der Waals surface area contributed by atoms with E-state index in [0.717, 1.165) is 52.1 Å². The van der Waals surface area contributed by atoms with Gasteiger partial charge in [-0.2, -0.15) is 0 Å². The molecule has 2 fully saturated rings. The Bertz CT molecular complexity index is 1110. The molecular formula is C32H45N3O2. The van der Waals surface area contributed by atoms with Crippen LogP contribution in [0, 0.1) is 25.2 Å². The molecule has 37 heavy (non-hydrogen) atoms. The number of piperidine rings is 1. The third-order valence-electron chi connectivity index (χ3n) is 8.54. The molecule has 2 amide bonds. The van der Waals surface area contributed by atoms with Crippen molar-refractivity contribution < 1.29 is 9.59 Å². The highest BCUT2D eigenvalue weighted by Gasteiger charge is 2.38. The number of nitrogens with zero attached hydrogens (tertiary/aromatic N) is 3. The highest BCUT2D eigenvalue weighted by molar-refractivity contribution is 5.77. The van der Waals surface area contributed by atoms with E-state index in [0.29, 0.717) is 12.3 Å². The van der Waals surface area contributed by atoms with E-state index in [2.05, 4.69) is 86.9 Å². The summed E-state index contributed by atoms with van der Waals surface area (Å²) in [7, 11) is 0. The highest BCUT2D eigenvalue weighted by atomic mass is 16.2. The Morgan fingerprint density at radius 3 is 2.27 bits per heavy atom. The first-order chi connectivity index (χ1) is 17.5. The average molecular weight is 504 g/mol. The Balaban J connectivity index is 1.44. The molecule has 2 aromatic carbocycles. The van der Waals surface area contributed by atoms with Crippen LogP contribution >= 0.6 is 0 Å². The molecule has 0 aromatic heterocycles. The maximum Gasteiger partial charge on any atom is 0.223 e. The molecule has 2 heterocycles. The van der Waals surface area contributed by atoms with E-state index < -0.39 is 0 Å². The molecule has 0 N–H and O–H groups in total. The summed E-state index contributed by atoms with van der Waals surface area (Å²) in [6.45, 7) is 17.8. The van der Waals surface area contributed by atoms with Crippen molar-refractivity contribution >= 4 is 11.8 Å². The number of likely N-dealkylation sites (tertiary alicyclic amines) is 1. The quantitative estimate of drug-likeness (QED) is 0.527. The fourth-order valence-corrected chi connectivity index (χ4v) is 5.93. The molecule has 2 aromatic rings. The standard InChI is InChI=1S/C32H45N3O2/c1-23-11-12-27(19-24(23)2)29-10-8-7-9-28(29)21-33-17-18-35(30(22-33)32(4,5)6)31(37)20-26-13-15-34(16-14-26)25(3)36/h7-12,19,26,30H,13-18,20-22H2,1-6H3/t30-/m1/s1. The fraction of sp³-hybridized carbons (Fsp3) is 0.562. The molecule has 2 saturated heterocycles. The monoisotopic (exact) mass is 503 g/mol. The van der Waals surface area contributed by atoms with Crippen molar-refractivity contribution in [3.05, 3.63) is 59.2 Å². The van der Waals surface area contributed by atoms with Crippen LogP contribution in [0.25, 0.3) is 11.1 Å². The van der Waals surface area contributed by atoms with Crippen molar-refractivity contribution in [2.24, 2.45) is 11.3 Å². The van der Waals surface area contributed by atoms with Crippen LogP contribution in [0.3, 0.4) is 0 Å². The van der Waals surface area contributed by atoms with E-state index >= 15 is 0 Å². The number of carbonyl (C=O) groups is 2. The van der Waals surface area contributed by atoms with Crippen molar-refractivity contribution in [2.75, 3.05) is 32.7 Å². The summed E-state index contributed by atoms with van der Waals surface area (Å²) in [5.74, 6) is 0.816. The number of hydrogen-bond donors (Lipinski definition) is 0. The summed E-state index contributed by atoms with van der Waals surface area (Å²) in [5.41, 5.74) is 6.55. The largest absolute Gasteiger partial charge is 0.343 e. The van der Waals surface area contributed by atoms with E-state index in [1.54, 1.807) is 6.92 Å². The van der Waals surface area contributed by atoms with E-state index in [1.165, 1.54) is 27.8 Å². The van der Waals surface area contributed by atoms with Gasteiger partial charge in [0.15, 0.2) is 0 Å². The zero-order chi connectivity index (χ0) is 26.7. The number of piperazine rings is 1. The van der Waals surface area contributed by atoms with Gasteiger partial charge < -0.3 is 9.80 Å². The second-order valence-electron chi connectivity index (χ2n) is 12.3. The summed E-state index contributed by atoms with van der Waals surface area (Å²) in [6.07, 6.45) is 2.47. The van der Waals surface area contributed by atoms with Crippen LogP contribution in [-0.4, -0.2) is 65.3 Å². The predicted octanol–water partition coefficient (Wildman–Crippen LogP) is 5.68. The van der Waals surface area contributed by atoms with Crippen LogP contribution < -0.4 is 0 Å². The molecular weight excluding hydrogens is 458 g/mol. The molecule has 0 bridgehead atoms. The molecule has 1 atom stereocenters. The summed E-state index contributed by atoms with van der Waals surface area (Å²) in [4.78, 5) is 31.8. The fourth-order valence-electron chi connectivity index (χ4n) is 5.93. The molecule has 0 unspecified atom stereocenters. The SMILES string of the molecule is CC(=O)N1CCC(CC(=O)N2CCN(Cc3ccccc3-c3ccc(C)c(C)c3)C[C@@H]2C(C)(C)C)CC1. The first-order valence-electron chi connectivity index (χ1n) is 14.0. The molecule has 0 aliphatic carbocycles. The molecule has 0 radical (unpaired) electrons. The van der Waals surface area contributed by atoms with Crippen LogP contribution in [0.4, 0.5) is 0 Å². The van der Waals surface area contributed by atoms with Gasteiger partial charge in [-0.05, 0) is 65.8 Å². The average Bonchev–Trinajstić information content (AvgIpc) is 2.86. The van der Waals surface area contributed by atoms with Crippen molar-refractivity contribution in [2.45, 2.75) is 73.4 Å². The lowest BCUT2D eigenvalue weighted by molar-refractivity contribution is -0.141. The Kier molecular flexibility index (Phi) is 8.42. The maximum absolute atomic E-state index is 13.5. The van der Waals surface area contributed by atoms with Gasteiger partial charge in [-0.15, -0.1) is 0 Å². The second-order valence-corrected chi connectivity index (χ2v) is 12.3. The number of amides is 2. The first-order valence-corrected chi connectivity index (χ1v) is 14.0. The van der Waals surface area contributed by atoms with Gasteiger partial charge in [0.05, 0.1) is 0 Å². The molecule has 2 aliphatic rings. The van der Waals surface area contributed by atoms with E-state index in [-0.39, 0.29) is 23.3 Å². The lowest BCUT2D eigenvalue weighted by Gasteiger charge is -2.48. The zero-order valence-corrected chi connectivity index (χ0v) is 23.7. The lowest BCUT2D eigenvalue weighted by atomic mass is 9.83. The number of carbonyl (C=O) groups excluding carboxylic acids is 2. The molecule has 4 rings (SSSR count). The van der Waals surface area contributed by atoms with Gasteiger partial charge in [-0.3, -0.25) is 14.5 Å². The molecule has 0 spiro atoms. The van der Waals surface area contributed by atoms with Crippen LogP contribution in [0.1, 0.15) is 63.6 Å². The first kappa shape index (κ1) is 27.4. The van der Waals surface area contributed by atoms with E-state index in [9.17, 15) is 9.59 Å². The third kappa shape index (κ3) is 6.62. The van der Waals surface area contributed by atoms with Gasteiger partial charge >= 0.3 is 0 Å². The van der Waals surface area contributed by atoms with Crippen LogP contribution in [-0.2, 0) is 16.1 Å². The molecule has 0 saturated carbocycles. The minimum atomic E-state index is -0.0000886.